The molecule has 0 saturated heterocycles. The zero-order chi connectivity index (χ0) is 20.8. The average Bonchev–Trinajstić information content (AvgIpc) is 3.30. The highest BCUT2D eigenvalue weighted by molar-refractivity contribution is 5.90. The van der Waals surface area contributed by atoms with Crippen LogP contribution in [0.3, 0.4) is 0 Å². The van der Waals surface area contributed by atoms with Crippen molar-refractivity contribution in [2.75, 3.05) is 0 Å². The van der Waals surface area contributed by atoms with Crippen molar-refractivity contribution in [1.82, 2.24) is 19.4 Å². The van der Waals surface area contributed by atoms with Crippen LogP contribution in [0.5, 0.6) is 0 Å². The van der Waals surface area contributed by atoms with Crippen molar-refractivity contribution in [3.8, 4) is 23.0 Å². The maximum atomic E-state index is 13.0. The number of hydrogen-bond donors (Lipinski definition) is 1. The first-order chi connectivity index (χ1) is 13.8. The summed E-state index contributed by atoms with van der Waals surface area (Å²) in [6.45, 7) is 0.359. The van der Waals surface area contributed by atoms with Gasteiger partial charge in [0.05, 0.1) is 29.0 Å². The minimum atomic E-state index is -2.71. The molecule has 6 nitrogen and oxygen atoms in total. The predicted octanol–water partition coefficient (Wildman–Crippen LogP) is 4.21. The Bertz CT molecular complexity index is 1310. The molecule has 0 spiro atoms. The van der Waals surface area contributed by atoms with E-state index in [0.717, 1.165) is 11.1 Å². The largest absolute Gasteiger partial charge is 0.480 e. The molecule has 0 amide bonds. The quantitative estimate of drug-likeness (QED) is 0.529. The van der Waals surface area contributed by atoms with E-state index < -0.39 is 17.9 Å². The fraction of sp³-hybridized carbons (Fsp3) is 0.190. The maximum Gasteiger partial charge on any atom is 0.333 e. The summed E-state index contributed by atoms with van der Waals surface area (Å²) in [5, 5.41) is 17.9. The van der Waals surface area contributed by atoms with Gasteiger partial charge in [-0.05, 0) is 43.7 Å². The smallest absolute Gasteiger partial charge is 0.333 e. The molecule has 4 aromatic rings. The van der Waals surface area contributed by atoms with E-state index in [-0.39, 0.29) is 0 Å². The maximum absolute atomic E-state index is 13.0. The zero-order valence-electron chi connectivity index (χ0n) is 15.6. The number of aromatic nitrogens is 4. The van der Waals surface area contributed by atoms with E-state index in [2.05, 4.69) is 22.0 Å². The van der Waals surface area contributed by atoms with Gasteiger partial charge in [-0.2, -0.15) is 19.0 Å². The van der Waals surface area contributed by atoms with Gasteiger partial charge in [-0.3, -0.25) is 4.79 Å². The van der Waals surface area contributed by atoms with Crippen LogP contribution < -0.4 is 0 Å². The second kappa shape index (κ2) is 6.71. The molecule has 0 bridgehead atoms. The van der Waals surface area contributed by atoms with Crippen LogP contribution in [-0.4, -0.2) is 30.5 Å². The lowest BCUT2D eigenvalue weighted by Gasteiger charge is -2.09. The van der Waals surface area contributed by atoms with Crippen molar-refractivity contribution in [2.45, 2.75) is 20.4 Å². The molecule has 1 aromatic carbocycles. The van der Waals surface area contributed by atoms with Crippen LogP contribution in [0, 0.1) is 17.3 Å². The van der Waals surface area contributed by atoms with Gasteiger partial charge in [-0.15, -0.1) is 0 Å². The number of carboxylic acid groups (broad SMARTS) is 1. The molecule has 0 aliphatic carbocycles. The SMILES string of the molecule is CC(C)(C#Cc1cccn2ncc(-c3ccc4c(cnn4C(F)F)c3)c12)C(=O)O. The van der Waals surface area contributed by atoms with Gasteiger partial charge in [-0.1, -0.05) is 17.9 Å². The number of pyridine rings is 1. The molecule has 0 unspecified atom stereocenters. The Morgan fingerprint density at radius 3 is 2.72 bits per heavy atom. The van der Waals surface area contributed by atoms with E-state index in [1.54, 1.807) is 47.2 Å². The molecule has 1 N–H and O–H groups in total. The van der Waals surface area contributed by atoms with Gasteiger partial charge in [0.2, 0.25) is 0 Å². The number of halogens is 2. The molecule has 0 saturated carbocycles. The van der Waals surface area contributed by atoms with E-state index in [9.17, 15) is 18.7 Å². The first kappa shape index (κ1) is 18.6. The lowest BCUT2D eigenvalue weighted by molar-refractivity contribution is -0.143. The summed E-state index contributed by atoms with van der Waals surface area (Å²) >= 11 is 0. The Morgan fingerprint density at radius 1 is 1.21 bits per heavy atom. The van der Waals surface area contributed by atoms with Crippen molar-refractivity contribution in [1.29, 1.82) is 0 Å². The normalized spacial score (nSPS) is 11.8. The van der Waals surface area contributed by atoms with E-state index in [0.29, 0.717) is 26.7 Å². The highest BCUT2D eigenvalue weighted by Gasteiger charge is 2.24. The van der Waals surface area contributed by atoms with Crippen molar-refractivity contribution < 1.29 is 18.7 Å². The Hall–Kier alpha value is -3.73. The lowest BCUT2D eigenvalue weighted by atomic mass is 9.94. The number of aliphatic carboxylic acids is 1. The van der Waals surface area contributed by atoms with Gasteiger partial charge in [0.1, 0.15) is 5.41 Å². The molecule has 0 atom stereocenters. The van der Waals surface area contributed by atoms with Crippen molar-refractivity contribution in [2.24, 2.45) is 5.41 Å². The monoisotopic (exact) mass is 394 g/mol. The standard InChI is InChI=1S/C21H16F2N4O2/c1-21(2,19(28)29)8-7-13-4-3-9-26-18(13)16(12-24-26)14-5-6-17-15(10-14)11-25-27(17)20(22)23/h3-6,9-12,20H,1-2H3,(H,28,29). The number of carbonyl (C=O) groups is 1. The summed E-state index contributed by atoms with van der Waals surface area (Å²) in [4.78, 5) is 11.3. The van der Waals surface area contributed by atoms with E-state index >= 15 is 0 Å². The van der Waals surface area contributed by atoms with Gasteiger partial charge in [0.15, 0.2) is 0 Å². The van der Waals surface area contributed by atoms with Crippen molar-refractivity contribution in [3.05, 3.63) is 54.5 Å². The fourth-order valence-electron chi connectivity index (χ4n) is 3.01. The van der Waals surface area contributed by atoms with E-state index in [1.165, 1.54) is 20.0 Å². The van der Waals surface area contributed by atoms with Crippen LogP contribution in [0.25, 0.3) is 27.5 Å². The number of fused-ring (bicyclic) bond motifs is 2. The molecule has 29 heavy (non-hydrogen) atoms. The molecule has 8 heteroatoms. The third kappa shape index (κ3) is 3.21. The minimum absolute atomic E-state index is 0.337. The molecule has 0 radical (unpaired) electrons. The summed E-state index contributed by atoms with van der Waals surface area (Å²) in [6.07, 6.45) is 4.83. The highest BCUT2D eigenvalue weighted by Crippen LogP contribution is 2.30. The van der Waals surface area contributed by atoms with Crippen molar-refractivity contribution in [3.63, 3.8) is 0 Å². The van der Waals surface area contributed by atoms with Crippen LogP contribution >= 0.6 is 0 Å². The van der Waals surface area contributed by atoms with Crippen LogP contribution in [0.15, 0.2) is 48.9 Å². The third-order valence-electron chi connectivity index (χ3n) is 4.68. The van der Waals surface area contributed by atoms with Crippen LogP contribution in [0.2, 0.25) is 0 Å². The first-order valence-electron chi connectivity index (χ1n) is 8.76. The Kier molecular flexibility index (Phi) is 4.31. The Labute approximate surface area is 164 Å². The highest BCUT2D eigenvalue weighted by atomic mass is 19.3. The Balaban J connectivity index is 1.87. The molecule has 3 heterocycles. The third-order valence-corrected chi connectivity index (χ3v) is 4.68. The zero-order valence-corrected chi connectivity index (χ0v) is 15.6. The second-order valence-corrected chi connectivity index (χ2v) is 7.09. The summed E-state index contributed by atoms with van der Waals surface area (Å²) in [7, 11) is 0. The molecular formula is C21H16F2N4O2. The van der Waals surface area contributed by atoms with Crippen LogP contribution in [-0.2, 0) is 4.79 Å². The van der Waals surface area contributed by atoms with E-state index in [1.807, 2.05) is 0 Å². The number of benzene rings is 1. The predicted molar refractivity (Wildman–Crippen MR) is 103 cm³/mol. The summed E-state index contributed by atoms with van der Waals surface area (Å²) < 4.78 is 28.4. The number of nitrogens with zero attached hydrogens (tertiary/aromatic N) is 4. The van der Waals surface area contributed by atoms with Gasteiger partial charge in [0, 0.05) is 17.1 Å². The fourth-order valence-corrected chi connectivity index (χ4v) is 3.01. The van der Waals surface area contributed by atoms with Gasteiger partial charge in [0.25, 0.3) is 0 Å². The van der Waals surface area contributed by atoms with Gasteiger partial charge < -0.3 is 5.11 Å². The van der Waals surface area contributed by atoms with Crippen LogP contribution in [0.4, 0.5) is 8.78 Å². The van der Waals surface area contributed by atoms with Gasteiger partial charge >= 0.3 is 12.5 Å². The summed E-state index contributed by atoms with van der Waals surface area (Å²) in [5.41, 5.74) is 2.00. The molecular weight excluding hydrogens is 378 g/mol. The number of alkyl halides is 2. The minimum Gasteiger partial charge on any atom is -0.480 e. The summed E-state index contributed by atoms with van der Waals surface area (Å²) in [6, 6.07) is 8.65. The van der Waals surface area contributed by atoms with E-state index in [4.69, 9.17) is 0 Å². The number of rotatable bonds is 3. The van der Waals surface area contributed by atoms with Crippen molar-refractivity contribution >= 4 is 22.4 Å². The molecule has 0 fully saturated rings. The Morgan fingerprint density at radius 2 is 2.00 bits per heavy atom. The molecule has 4 rings (SSSR count). The average molecular weight is 394 g/mol. The van der Waals surface area contributed by atoms with Crippen LogP contribution in [0.1, 0.15) is 26.0 Å². The molecule has 0 aliphatic rings. The first-order valence-corrected chi connectivity index (χ1v) is 8.76. The second-order valence-electron chi connectivity index (χ2n) is 7.09. The number of carboxylic acids is 1. The van der Waals surface area contributed by atoms with Gasteiger partial charge in [-0.25, -0.2) is 9.20 Å². The molecule has 0 aliphatic heterocycles. The molecule has 3 aromatic heterocycles. The number of hydrogen-bond acceptors (Lipinski definition) is 3. The summed E-state index contributed by atoms with van der Waals surface area (Å²) in [5.74, 6) is 4.74. The molecule has 146 valence electrons. The topological polar surface area (TPSA) is 72.4 Å². The lowest BCUT2D eigenvalue weighted by Crippen LogP contribution is -2.21.